The fourth-order valence-electron chi connectivity index (χ4n) is 2.22. The Hall–Kier alpha value is -1.12. The molecule has 0 radical (unpaired) electrons. The summed E-state index contributed by atoms with van der Waals surface area (Å²) in [6, 6.07) is -0.641. The van der Waals surface area contributed by atoms with E-state index in [-0.39, 0.29) is 41.3 Å². The van der Waals surface area contributed by atoms with E-state index in [0.29, 0.717) is 18.1 Å². The fourth-order valence-corrected chi connectivity index (χ4v) is 2.93. The highest BCUT2D eigenvalue weighted by Crippen LogP contribution is 2.21. The van der Waals surface area contributed by atoms with Crippen LogP contribution >= 0.6 is 24.2 Å². The van der Waals surface area contributed by atoms with E-state index >= 15 is 0 Å². The van der Waals surface area contributed by atoms with E-state index in [4.69, 9.17) is 4.42 Å². The van der Waals surface area contributed by atoms with Gasteiger partial charge in [-0.2, -0.15) is 0 Å². The fraction of sp³-hybridized carbons (Fsp3) is 0.778. The third-order valence-electron chi connectivity index (χ3n) is 3.66. The maximum absolute atomic E-state index is 12.7. The van der Waals surface area contributed by atoms with Crippen molar-refractivity contribution in [3.05, 3.63) is 5.89 Å². The van der Waals surface area contributed by atoms with Gasteiger partial charge in [-0.05, 0) is 31.2 Å². The van der Waals surface area contributed by atoms with Crippen LogP contribution in [0.25, 0.3) is 0 Å². The van der Waals surface area contributed by atoms with Crippen LogP contribution in [0.3, 0.4) is 0 Å². The first-order valence-corrected chi connectivity index (χ1v) is 10.1. The molecule has 0 aromatic carbocycles. The molecule has 0 fully saturated rings. The van der Waals surface area contributed by atoms with Crippen molar-refractivity contribution < 1.29 is 14.0 Å². The van der Waals surface area contributed by atoms with E-state index in [1.165, 1.54) is 11.8 Å². The van der Waals surface area contributed by atoms with E-state index in [1.807, 2.05) is 20.9 Å². The summed E-state index contributed by atoms with van der Waals surface area (Å²) in [5.41, 5.74) is 0.0703. The van der Waals surface area contributed by atoms with E-state index in [1.54, 1.807) is 0 Å². The zero-order valence-electron chi connectivity index (χ0n) is 17.1. The van der Waals surface area contributed by atoms with Crippen LogP contribution < -0.4 is 10.6 Å². The summed E-state index contributed by atoms with van der Waals surface area (Å²) in [5.74, 6) is 0.529. The van der Waals surface area contributed by atoms with E-state index in [9.17, 15) is 9.59 Å². The molecule has 0 spiro atoms. The van der Waals surface area contributed by atoms with E-state index < -0.39 is 6.04 Å². The highest BCUT2D eigenvalue weighted by Gasteiger charge is 2.28. The average molecular weight is 421 g/mol. The van der Waals surface area contributed by atoms with Gasteiger partial charge in [0.2, 0.25) is 11.7 Å². The maximum Gasteiger partial charge on any atom is 0.286 e. The largest absolute Gasteiger partial charge is 0.408 e. The zero-order chi connectivity index (χ0) is 19.7. The maximum atomic E-state index is 12.7. The molecule has 156 valence electrons. The summed E-state index contributed by atoms with van der Waals surface area (Å²) in [6.45, 7) is 11.1. The molecular weight excluding hydrogens is 388 g/mol. The number of ketones is 1. The number of amides is 1. The van der Waals surface area contributed by atoms with Gasteiger partial charge in [0.25, 0.3) is 11.1 Å². The lowest BCUT2D eigenvalue weighted by atomic mass is 9.90. The van der Waals surface area contributed by atoms with Gasteiger partial charge >= 0.3 is 0 Å². The van der Waals surface area contributed by atoms with E-state index in [2.05, 4.69) is 41.6 Å². The number of rotatable bonds is 11. The third-order valence-corrected chi connectivity index (χ3v) is 4.48. The average Bonchev–Trinajstić information content (AvgIpc) is 2.99. The van der Waals surface area contributed by atoms with Gasteiger partial charge in [0.1, 0.15) is 0 Å². The van der Waals surface area contributed by atoms with Crippen molar-refractivity contribution in [1.82, 2.24) is 20.8 Å². The third kappa shape index (κ3) is 10.7. The first-order chi connectivity index (χ1) is 12.1. The molecule has 0 aliphatic carbocycles. The molecular formula is C18H33ClN4O3S. The molecule has 9 heteroatoms. The number of carbonyl (C=O) groups is 2. The minimum absolute atomic E-state index is 0. The summed E-state index contributed by atoms with van der Waals surface area (Å²) < 4.78 is 5.46. The Morgan fingerprint density at radius 1 is 1.22 bits per heavy atom. The molecule has 1 rings (SSSR count). The van der Waals surface area contributed by atoms with Gasteiger partial charge in [-0.15, -0.1) is 22.6 Å². The van der Waals surface area contributed by atoms with Crippen LogP contribution in [0.15, 0.2) is 9.64 Å². The van der Waals surface area contributed by atoms with Crippen molar-refractivity contribution >= 4 is 35.9 Å². The Labute approximate surface area is 172 Å². The normalized spacial score (nSPS) is 12.6. The van der Waals surface area contributed by atoms with Crippen molar-refractivity contribution in [1.29, 1.82) is 0 Å². The van der Waals surface area contributed by atoms with Crippen LogP contribution in [0.1, 0.15) is 64.6 Å². The molecule has 27 heavy (non-hydrogen) atoms. The number of nitrogens with zero attached hydrogens (tertiary/aromatic N) is 2. The Balaban J connectivity index is 0.00000676. The molecule has 1 heterocycles. The topological polar surface area (TPSA) is 97.1 Å². The van der Waals surface area contributed by atoms with Crippen LogP contribution in [0, 0.1) is 11.3 Å². The minimum atomic E-state index is -0.641. The molecule has 0 bridgehead atoms. The molecule has 0 saturated heterocycles. The van der Waals surface area contributed by atoms with Crippen molar-refractivity contribution in [2.75, 3.05) is 19.3 Å². The van der Waals surface area contributed by atoms with Crippen molar-refractivity contribution in [2.45, 2.75) is 65.1 Å². The Morgan fingerprint density at radius 2 is 1.89 bits per heavy atom. The quantitative estimate of drug-likeness (QED) is 0.322. The van der Waals surface area contributed by atoms with Crippen molar-refractivity contribution in [3.8, 4) is 0 Å². The molecule has 1 atom stereocenters. The van der Waals surface area contributed by atoms with Gasteiger partial charge < -0.3 is 15.1 Å². The molecule has 1 aromatic rings. The number of Topliss-reactive ketones (excluding diaryl/α,β-unsaturated/α-hetero) is 1. The molecule has 0 unspecified atom stereocenters. The lowest BCUT2D eigenvalue weighted by Gasteiger charge is -2.20. The summed E-state index contributed by atoms with van der Waals surface area (Å²) in [6.07, 6.45) is 1.68. The number of hydrogen-bond donors (Lipinski definition) is 2. The predicted molar refractivity (Wildman–Crippen MR) is 111 cm³/mol. The number of aromatic nitrogens is 2. The summed E-state index contributed by atoms with van der Waals surface area (Å²) >= 11 is 1.39. The molecule has 0 aliphatic rings. The number of hydrogen-bond acceptors (Lipinski definition) is 7. The molecule has 1 aromatic heterocycles. The summed E-state index contributed by atoms with van der Waals surface area (Å²) in [7, 11) is 1.86. The predicted octanol–water partition coefficient (Wildman–Crippen LogP) is 3.34. The van der Waals surface area contributed by atoms with Crippen molar-refractivity contribution in [3.63, 3.8) is 0 Å². The van der Waals surface area contributed by atoms with Gasteiger partial charge in [-0.3, -0.25) is 9.59 Å². The van der Waals surface area contributed by atoms with Gasteiger partial charge in [-0.25, -0.2) is 0 Å². The molecule has 0 aliphatic heterocycles. The minimum Gasteiger partial charge on any atom is -0.408 e. The number of halogens is 1. The zero-order valence-corrected chi connectivity index (χ0v) is 18.8. The summed E-state index contributed by atoms with van der Waals surface area (Å²) in [4.78, 5) is 25.0. The number of nitrogens with one attached hydrogen (secondary N) is 2. The second-order valence-corrected chi connectivity index (χ2v) is 9.05. The molecule has 1 amide bonds. The second-order valence-electron chi connectivity index (χ2n) is 8.00. The Kier molecular flexibility index (Phi) is 11.8. The molecule has 7 nitrogen and oxygen atoms in total. The van der Waals surface area contributed by atoms with Crippen LogP contribution in [0.4, 0.5) is 0 Å². The van der Waals surface area contributed by atoms with Crippen LogP contribution in [0.5, 0.6) is 0 Å². The first-order valence-electron chi connectivity index (χ1n) is 9.07. The van der Waals surface area contributed by atoms with Gasteiger partial charge in [0.15, 0.2) is 0 Å². The van der Waals surface area contributed by atoms with Crippen molar-refractivity contribution in [2.24, 2.45) is 11.3 Å². The smallest absolute Gasteiger partial charge is 0.286 e. The Morgan fingerprint density at radius 3 is 2.44 bits per heavy atom. The number of carbonyl (C=O) groups excluding carboxylic acids is 2. The lowest BCUT2D eigenvalue weighted by Crippen LogP contribution is -2.42. The van der Waals surface area contributed by atoms with Crippen LogP contribution in [0.2, 0.25) is 0 Å². The highest BCUT2D eigenvalue weighted by atomic mass is 35.5. The van der Waals surface area contributed by atoms with Gasteiger partial charge in [0, 0.05) is 18.7 Å². The SMILES string of the molecule is CNCCSc1nnc(C(=O)[C@H](CC(C)C)NC(=O)CCC(C)(C)C)o1.Cl. The standard InChI is InChI=1S/C18H32N4O3S.ClH/c1-12(2)11-13(20-14(23)7-8-18(3,4)5)15(24)16-21-22-17(25-16)26-10-9-19-6;/h12-13,19H,7-11H2,1-6H3,(H,20,23);1H/t13-;/m0./s1. The van der Waals surface area contributed by atoms with Crippen LogP contribution in [-0.4, -0.2) is 47.3 Å². The summed E-state index contributed by atoms with van der Waals surface area (Å²) in [5, 5.41) is 14.0. The highest BCUT2D eigenvalue weighted by molar-refractivity contribution is 7.99. The van der Waals surface area contributed by atoms with E-state index in [0.717, 1.165) is 18.7 Å². The number of thioether (sulfide) groups is 1. The lowest BCUT2D eigenvalue weighted by molar-refractivity contribution is -0.122. The Bertz CT molecular complexity index is 587. The monoisotopic (exact) mass is 420 g/mol. The van der Waals surface area contributed by atoms with Gasteiger partial charge in [-0.1, -0.05) is 46.4 Å². The van der Waals surface area contributed by atoms with Gasteiger partial charge in [0.05, 0.1) is 6.04 Å². The second kappa shape index (κ2) is 12.4. The molecule has 2 N–H and O–H groups in total. The molecule has 0 saturated carbocycles. The van der Waals surface area contributed by atoms with Crippen LogP contribution in [-0.2, 0) is 4.79 Å². The first kappa shape index (κ1) is 25.9.